The van der Waals surface area contributed by atoms with Crippen molar-refractivity contribution in [2.45, 2.75) is 18.9 Å². The van der Waals surface area contributed by atoms with Crippen LogP contribution in [0.3, 0.4) is 0 Å². The van der Waals surface area contributed by atoms with Gasteiger partial charge in [0, 0.05) is 30.3 Å². The molecule has 1 aliphatic heterocycles. The number of rotatable bonds is 8. The Morgan fingerprint density at radius 2 is 2.00 bits per heavy atom. The largest absolute Gasteiger partial charge is 0.507 e. The van der Waals surface area contributed by atoms with Crippen LogP contribution in [0.4, 0.5) is 16.0 Å². The van der Waals surface area contributed by atoms with Crippen molar-refractivity contribution >= 4 is 38.5 Å². The topological polar surface area (TPSA) is 100.0 Å². The van der Waals surface area contributed by atoms with E-state index in [0.717, 1.165) is 32.0 Å². The number of phenolic OH excluding ortho intramolecular Hbond substituents is 1. The molecule has 8 nitrogen and oxygen atoms in total. The lowest BCUT2D eigenvalue weighted by Gasteiger charge is -2.20. The molecule has 0 bridgehead atoms. The van der Waals surface area contributed by atoms with Gasteiger partial charge < -0.3 is 29.9 Å². The minimum atomic E-state index is -0.621. The van der Waals surface area contributed by atoms with Gasteiger partial charge in [-0.25, -0.2) is 14.4 Å². The number of nitrogens with one attached hydrogen (secondary N) is 1. The molecule has 2 aromatic carbocycles. The minimum Gasteiger partial charge on any atom is -0.507 e. The van der Waals surface area contributed by atoms with Gasteiger partial charge in [-0.15, -0.1) is 0 Å². The van der Waals surface area contributed by atoms with Crippen LogP contribution in [-0.4, -0.2) is 64.5 Å². The number of benzene rings is 2. The first-order chi connectivity index (χ1) is 15.4. The molecule has 1 aliphatic rings. The summed E-state index contributed by atoms with van der Waals surface area (Å²) in [4.78, 5) is 10.8. The van der Waals surface area contributed by atoms with Gasteiger partial charge in [0.1, 0.15) is 24.3 Å². The Bertz CT molecular complexity index is 1110. The molecule has 3 aromatic rings. The van der Waals surface area contributed by atoms with E-state index >= 15 is 0 Å². The average Bonchev–Trinajstić information content (AvgIpc) is 3.28. The van der Waals surface area contributed by atoms with Gasteiger partial charge in [-0.05, 0) is 54.0 Å². The van der Waals surface area contributed by atoms with Crippen LogP contribution < -0.4 is 14.8 Å². The number of phenols is 1. The van der Waals surface area contributed by atoms with Crippen molar-refractivity contribution in [1.82, 2.24) is 14.9 Å². The summed E-state index contributed by atoms with van der Waals surface area (Å²) in [5.41, 5.74) is 0.592. The summed E-state index contributed by atoms with van der Waals surface area (Å²) in [6.07, 6.45) is 3.28. The first kappa shape index (κ1) is 22.5. The van der Waals surface area contributed by atoms with Gasteiger partial charge in [0.2, 0.25) is 5.95 Å². The van der Waals surface area contributed by atoms with Crippen molar-refractivity contribution in [2.24, 2.45) is 0 Å². The highest BCUT2D eigenvalue weighted by Crippen LogP contribution is 2.33. The Labute approximate surface area is 193 Å². The molecule has 32 heavy (non-hydrogen) atoms. The first-order valence-electron chi connectivity index (χ1n) is 10.3. The van der Waals surface area contributed by atoms with Gasteiger partial charge in [0.05, 0.1) is 22.8 Å². The van der Waals surface area contributed by atoms with Crippen LogP contribution in [-0.2, 0) is 0 Å². The van der Waals surface area contributed by atoms with Gasteiger partial charge >= 0.3 is 0 Å². The predicted octanol–water partition coefficient (Wildman–Crippen LogP) is 3.82. The molecule has 0 saturated carbocycles. The molecule has 1 unspecified atom stereocenters. The number of ether oxygens (including phenoxy) is 2. The lowest BCUT2D eigenvalue weighted by atomic mass is 10.2. The second kappa shape index (κ2) is 9.85. The Balaban J connectivity index is 1.52. The lowest BCUT2D eigenvalue weighted by molar-refractivity contribution is 0.0747. The zero-order valence-electron chi connectivity index (χ0n) is 17.5. The van der Waals surface area contributed by atoms with Crippen molar-refractivity contribution in [3.05, 3.63) is 40.8 Å². The number of aromatic nitrogens is 2. The van der Waals surface area contributed by atoms with E-state index < -0.39 is 11.9 Å². The summed E-state index contributed by atoms with van der Waals surface area (Å²) >= 11 is 3.07. The normalized spacial score (nSPS) is 15.1. The number of aromatic hydroxyl groups is 1. The Kier molecular flexibility index (Phi) is 6.92. The third-order valence-corrected chi connectivity index (χ3v) is 5.88. The zero-order chi connectivity index (χ0) is 22.7. The molecule has 2 heterocycles. The fraction of sp³-hybridized carbons (Fsp3) is 0.364. The molecule has 1 fully saturated rings. The SMILES string of the molecule is COc1cc2cnc(Nc3cc(O)c(Br)cc3F)nc2cc1OCC(O)CN1CCCC1. The van der Waals surface area contributed by atoms with E-state index in [4.69, 9.17) is 9.47 Å². The van der Waals surface area contributed by atoms with E-state index in [0.29, 0.717) is 28.9 Å². The number of fused-ring (bicyclic) bond motifs is 1. The second-order valence-corrected chi connectivity index (χ2v) is 8.49. The summed E-state index contributed by atoms with van der Waals surface area (Å²) in [7, 11) is 1.54. The number of anilines is 2. The Hall–Kier alpha value is -2.69. The molecule has 1 atom stereocenters. The third-order valence-electron chi connectivity index (χ3n) is 5.25. The zero-order valence-corrected chi connectivity index (χ0v) is 19.1. The molecular formula is C22H24BrFN4O4. The van der Waals surface area contributed by atoms with Crippen molar-refractivity contribution in [3.8, 4) is 17.2 Å². The molecule has 1 saturated heterocycles. The van der Waals surface area contributed by atoms with E-state index in [1.165, 1.54) is 13.2 Å². The highest BCUT2D eigenvalue weighted by molar-refractivity contribution is 9.10. The van der Waals surface area contributed by atoms with Gasteiger partial charge in [-0.3, -0.25) is 0 Å². The number of hydrogen-bond donors (Lipinski definition) is 3. The maximum Gasteiger partial charge on any atom is 0.227 e. The van der Waals surface area contributed by atoms with Crippen molar-refractivity contribution < 1.29 is 24.1 Å². The Morgan fingerprint density at radius 1 is 1.22 bits per heavy atom. The molecule has 0 spiro atoms. The van der Waals surface area contributed by atoms with Gasteiger partial charge in [0.15, 0.2) is 11.5 Å². The quantitative estimate of drug-likeness (QED) is 0.423. The highest BCUT2D eigenvalue weighted by atomic mass is 79.9. The second-order valence-electron chi connectivity index (χ2n) is 7.64. The van der Waals surface area contributed by atoms with Crippen LogP contribution in [0.1, 0.15) is 12.8 Å². The molecule has 1 aromatic heterocycles. The van der Waals surface area contributed by atoms with Gasteiger partial charge in [-0.1, -0.05) is 0 Å². The van der Waals surface area contributed by atoms with Crippen molar-refractivity contribution in [2.75, 3.05) is 38.7 Å². The van der Waals surface area contributed by atoms with Gasteiger partial charge in [0.25, 0.3) is 0 Å². The number of aliphatic hydroxyl groups is 1. The van der Waals surface area contributed by atoms with Crippen LogP contribution in [0.5, 0.6) is 17.2 Å². The number of methoxy groups -OCH3 is 1. The number of β-amino-alcohol motifs (C(OH)–C–C–N with tert-alkyl or cyclic N) is 1. The van der Waals surface area contributed by atoms with Crippen molar-refractivity contribution in [1.29, 1.82) is 0 Å². The molecule has 10 heteroatoms. The fourth-order valence-corrected chi connectivity index (χ4v) is 3.94. The standard InChI is InChI=1S/C22H24BrFN4O4/c1-31-20-6-13-10-25-22(27-18-8-19(30)15(23)7-16(18)24)26-17(13)9-21(20)32-12-14(29)11-28-4-2-3-5-28/h6-10,14,29-30H,2-5,11-12H2,1H3,(H,25,26,27). The van der Waals surface area contributed by atoms with Crippen LogP contribution in [0, 0.1) is 5.82 Å². The highest BCUT2D eigenvalue weighted by Gasteiger charge is 2.17. The van der Waals surface area contributed by atoms with Crippen LogP contribution in [0.25, 0.3) is 10.9 Å². The van der Waals surface area contributed by atoms with E-state index in [2.05, 4.69) is 36.1 Å². The Morgan fingerprint density at radius 3 is 2.75 bits per heavy atom. The van der Waals surface area contributed by atoms with Crippen LogP contribution in [0.15, 0.2) is 34.9 Å². The maximum atomic E-state index is 14.2. The molecular weight excluding hydrogens is 483 g/mol. The minimum absolute atomic E-state index is 0.0417. The molecule has 4 rings (SSSR count). The molecule has 0 amide bonds. The maximum absolute atomic E-state index is 14.2. The van der Waals surface area contributed by atoms with Crippen LogP contribution >= 0.6 is 15.9 Å². The predicted molar refractivity (Wildman–Crippen MR) is 122 cm³/mol. The number of hydrogen-bond acceptors (Lipinski definition) is 8. The van der Waals surface area contributed by atoms with E-state index in [-0.39, 0.29) is 28.5 Å². The summed E-state index contributed by atoms with van der Waals surface area (Å²) in [6, 6.07) is 5.84. The lowest BCUT2D eigenvalue weighted by Crippen LogP contribution is -2.33. The van der Waals surface area contributed by atoms with E-state index in [9.17, 15) is 14.6 Å². The number of halogens is 2. The summed E-state index contributed by atoms with van der Waals surface area (Å²) < 4.78 is 25.7. The first-order valence-corrected chi connectivity index (χ1v) is 11.1. The van der Waals surface area contributed by atoms with Crippen LogP contribution in [0.2, 0.25) is 0 Å². The molecule has 0 aliphatic carbocycles. The monoisotopic (exact) mass is 506 g/mol. The molecule has 170 valence electrons. The third kappa shape index (κ3) is 5.20. The summed E-state index contributed by atoms with van der Waals surface area (Å²) in [6.45, 7) is 2.69. The number of likely N-dealkylation sites (tertiary alicyclic amines) is 1. The van der Waals surface area contributed by atoms with Gasteiger partial charge in [-0.2, -0.15) is 0 Å². The van der Waals surface area contributed by atoms with Crippen molar-refractivity contribution in [3.63, 3.8) is 0 Å². The number of nitrogens with zero attached hydrogens (tertiary/aromatic N) is 3. The summed E-state index contributed by atoms with van der Waals surface area (Å²) in [5.74, 6) is 0.423. The average molecular weight is 507 g/mol. The van der Waals surface area contributed by atoms with E-state index in [1.807, 2.05) is 0 Å². The fourth-order valence-electron chi connectivity index (χ4n) is 3.63. The molecule has 0 radical (unpaired) electrons. The summed E-state index contributed by atoms with van der Waals surface area (Å²) in [5, 5.41) is 23.6. The van der Waals surface area contributed by atoms with E-state index in [1.54, 1.807) is 18.3 Å². The smallest absolute Gasteiger partial charge is 0.227 e. The molecule has 3 N–H and O–H groups in total. The number of aliphatic hydroxyl groups excluding tert-OH is 1.